The Kier molecular flexibility index (Phi) is 4.47. The summed E-state index contributed by atoms with van der Waals surface area (Å²) in [4.78, 5) is 28.7. The largest absolute Gasteiger partial charge is 0.481 e. The lowest BCUT2D eigenvalue weighted by molar-refractivity contribution is -0.136. The number of thiazole rings is 1. The highest BCUT2D eigenvalue weighted by Gasteiger charge is 2.21. The van der Waals surface area contributed by atoms with E-state index in [2.05, 4.69) is 4.98 Å². The van der Waals surface area contributed by atoms with Crippen molar-refractivity contribution < 1.29 is 14.7 Å². The Morgan fingerprint density at radius 3 is 2.70 bits per heavy atom. The van der Waals surface area contributed by atoms with E-state index < -0.39 is 5.97 Å². The predicted molar refractivity (Wildman–Crippen MR) is 77.2 cm³/mol. The fourth-order valence-corrected chi connectivity index (χ4v) is 2.39. The predicted octanol–water partition coefficient (Wildman–Crippen LogP) is 2.57. The number of benzene rings is 1. The highest BCUT2D eigenvalue weighted by atomic mass is 32.1. The minimum absolute atomic E-state index is 0.107. The van der Waals surface area contributed by atoms with Crippen molar-refractivity contribution in [3.05, 3.63) is 46.4 Å². The molecule has 0 aliphatic heterocycles. The van der Waals surface area contributed by atoms with Crippen LogP contribution in [0.1, 0.15) is 22.5 Å². The molecule has 2 rings (SSSR count). The van der Waals surface area contributed by atoms with Gasteiger partial charge in [0.25, 0.3) is 5.91 Å². The van der Waals surface area contributed by atoms with E-state index in [1.807, 2.05) is 25.1 Å². The molecule has 0 atom stereocenters. The van der Waals surface area contributed by atoms with Gasteiger partial charge < -0.3 is 10.0 Å². The van der Waals surface area contributed by atoms with E-state index in [0.29, 0.717) is 11.4 Å². The van der Waals surface area contributed by atoms with E-state index in [9.17, 15) is 9.59 Å². The topological polar surface area (TPSA) is 70.5 Å². The number of rotatable bonds is 5. The van der Waals surface area contributed by atoms with Crippen molar-refractivity contribution in [2.24, 2.45) is 0 Å². The molecular formula is C14H14N2O3S. The molecule has 104 valence electrons. The normalized spacial score (nSPS) is 10.2. The lowest BCUT2D eigenvalue weighted by Crippen LogP contribution is -2.33. The number of para-hydroxylation sites is 1. The summed E-state index contributed by atoms with van der Waals surface area (Å²) in [7, 11) is 0. The third kappa shape index (κ3) is 3.21. The minimum atomic E-state index is -0.935. The first-order valence-corrected chi connectivity index (χ1v) is 7.01. The highest BCUT2D eigenvalue weighted by molar-refractivity contribution is 7.07. The molecular weight excluding hydrogens is 276 g/mol. The molecule has 0 aliphatic carbocycles. The fourth-order valence-electron chi connectivity index (χ4n) is 1.86. The summed E-state index contributed by atoms with van der Waals surface area (Å²) >= 11 is 1.33. The van der Waals surface area contributed by atoms with Gasteiger partial charge in [0, 0.05) is 17.6 Å². The molecule has 2 aromatic rings. The maximum atomic E-state index is 12.4. The molecule has 1 amide bonds. The molecule has 5 nitrogen and oxygen atoms in total. The maximum absolute atomic E-state index is 12.4. The summed E-state index contributed by atoms with van der Waals surface area (Å²) in [5, 5.41) is 10.5. The summed E-state index contributed by atoms with van der Waals surface area (Å²) in [6.07, 6.45) is -0.107. The maximum Gasteiger partial charge on any atom is 0.305 e. The summed E-state index contributed by atoms with van der Waals surface area (Å²) in [6.45, 7) is 2.01. The number of aliphatic carboxylic acids is 1. The Balaban J connectivity index is 2.32. The number of carboxylic acids is 1. The molecule has 1 aromatic carbocycles. The second-order valence-corrected chi connectivity index (χ2v) is 4.98. The van der Waals surface area contributed by atoms with Crippen molar-refractivity contribution in [2.45, 2.75) is 13.3 Å². The van der Waals surface area contributed by atoms with Gasteiger partial charge in [0.1, 0.15) is 5.69 Å². The quantitative estimate of drug-likeness (QED) is 0.918. The second-order valence-electron chi connectivity index (χ2n) is 4.26. The lowest BCUT2D eigenvalue weighted by Gasteiger charge is -2.23. The van der Waals surface area contributed by atoms with Crippen LogP contribution in [0.15, 0.2) is 35.2 Å². The van der Waals surface area contributed by atoms with Crippen molar-refractivity contribution in [2.75, 3.05) is 11.4 Å². The number of hydrogen-bond acceptors (Lipinski definition) is 4. The molecule has 0 saturated carbocycles. The average molecular weight is 290 g/mol. The number of aromatic nitrogens is 1. The van der Waals surface area contributed by atoms with E-state index in [-0.39, 0.29) is 18.9 Å². The van der Waals surface area contributed by atoms with Gasteiger partial charge in [0.15, 0.2) is 0 Å². The Morgan fingerprint density at radius 1 is 1.35 bits per heavy atom. The number of amides is 1. The molecule has 6 heteroatoms. The Morgan fingerprint density at radius 2 is 2.10 bits per heavy atom. The fraction of sp³-hybridized carbons (Fsp3) is 0.214. The molecule has 20 heavy (non-hydrogen) atoms. The van der Waals surface area contributed by atoms with Crippen LogP contribution in [0.4, 0.5) is 5.69 Å². The van der Waals surface area contributed by atoms with Crippen LogP contribution in [-0.4, -0.2) is 28.5 Å². The van der Waals surface area contributed by atoms with Crippen LogP contribution in [0.25, 0.3) is 0 Å². The number of anilines is 1. The molecule has 0 aliphatic rings. The van der Waals surface area contributed by atoms with Crippen LogP contribution in [0.3, 0.4) is 0 Å². The van der Waals surface area contributed by atoms with Gasteiger partial charge in [-0.1, -0.05) is 18.2 Å². The summed E-state index contributed by atoms with van der Waals surface area (Å²) in [6, 6.07) is 7.39. The van der Waals surface area contributed by atoms with Gasteiger partial charge in [0.05, 0.1) is 11.9 Å². The lowest BCUT2D eigenvalue weighted by atomic mass is 10.1. The Hall–Kier alpha value is -2.21. The van der Waals surface area contributed by atoms with Crippen LogP contribution >= 0.6 is 11.3 Å². The summed E-state index contributed by atoms with van der Waals surface area (Å²) in [5.41, 5.74) is 3.55. The Labute approximate surface area is 120 Å². The van der Waals surface area contributed by atoms with E-state index in [0.717, 1.165) is 5.56 Å². The second kappa shape index (κ2) is 6.29. The first kappa shape index (κ1) is 14.2. The van der Waals surface area contributed by atoms with Crippen LogP contribution in [0, 0.1) is 6.92 Å². The average Bonchev–Trinajstić information content (AvgIpc) is 2.94. The number of nitrogens with zero attached hydrogens (tertiary/aromatic N) is 2. The van der Waals surface area contributed by atoms with E-state index in [1.165, 1.54) is 16.2 Å². The number of carbonyl (C=O) groups is 2. The number of carboxylic acid groups (broad SMARTS) is 1. The van der Waals surface area contributed by atoms with Crippen molar-refractivity contribution >= 4 is 28.9 Å². The third-order valence-electron chi connectivity index (χ3n) is 2.85. The SMILES string of the molecule is Cc1ccccc1N(CCC(=O)O)C(=O)c1cscn1. The van der Waals surface area contributed by atoms with E-state index in [4.69, 9.17) is 5.11 Å². The van der Waals surface area contributed by atoms with Crippen molar-refractivity contribution in [1.82, 2.24) is 4.98 Å². The van der Waals surface area contributed by atoms with Crippen LogP contribution in [-0.2, 0) is 4.79 Å². The molecule has 0 radical (unpaired) electrons. The zero-order chi connectivity index (χ0) is 14.5. The molecule has 0 fully saturated rings. The van der Waals surface area contributed by atoms with Gasteiger partial charge in [-0.3, -0.25) is 9.59 Å². The van der Waals surface area contributed by atoms with Gasteiger partial charge in [-0.25, -0.2) is 4.98 Å². The van der Waals surface area contributed by atoms with Crippen molar-refractivity contribution in [3.8, 4) is 0 Å². The zero-order valence-corrected chi connectivity index (χ0v) is 11.8. The minimum Gasteiger partial charge on any atom is -0.481 e. The van der Waals surface area contributed by atoms with Crippen LogP contribution < -0.4 is 4.90 Å². The van der Waals surface area contributed by atoms with Gasteiger partial charge in [-0.2, -0.15) is 0 Å². The monoisotopic (exact) mass is 290 g/mol. The zero-order valence-electron chi connectivity index (χ0n) is 10.9. The van der Waals surface area contributed by atoms with Crippen molar-refractivity contribution in [3.63, 3.8) is 0 Å². The smallest absolute Gasteiger partial charge is 0.305 e. The van der Waals surface area contributed by atoms with Crippen molar-refractivity contribution in [1.29, 1.82) is 0 Å². The molecule has 1 N–H and O–H groups in total. The first-order chi connectivity index (χ1) is 9.59. The summed E-state index contributed by atoms with van der Waals surface area (Å²) in [5.74, 6) is -1.21. The molecule has 0 saturated heterocycles. The van der Waals surface area contributed by atoms with E-state index >= 15 is 0 Å². The highest BCUT2D eigenvalue weighted by Crippen LogP contribution is 2.22. The molecule has 1 aromatic heterocycles. The standard InChI is InChI=1S/C14H14N2O3S/c1-10-4-2-3-5-12(10)16(7-6-13(17)18)14(19)11-8-20-9-15-11/h2-5,8-9H,6-7H2,1H3,(H,17,18). The van der Waals surface area contributed by atoms with Gasteiger partial charge in [-0.15, -0.1) is 11.3 Å². The van der Waals surface area contributed by atoms with E-state index in [1.54, 1.807) is 17.0 Å². The third-order valence-corrected chi connectivity index (χ3v) is 3.44. The van der Waals surface area contributed by atoms with Gasteiger partial charge >= 0.3 is 5.97 Å². The molecule has 0 spiro atoms. The number of aryl methyl sites for hydroxylation is 1. The molecule has 1 heterocycles. The van der Waals surface area contributed by atoms with Gasteiger partial charge in [-0.05, 0) is 18.6 Å². The first-order valence-electron chi connectivity index (χ1n) is 6.07. The summed E-state index contributed by atoms with van der Waals surface area (Å²) < 4.78 is 0. The molecule has 0 unspecified atom stereocenters. The molecule has 0 bridgehead atoms. The number of carbonyl (C=O) groups excluding carboxylic acids is 1. The Bertz CT molecular complexity index is 611. The van der Waals surface area contributed by atoms with Gasteiger partial charge in [0.2, 0.25) is 0 Å². The number of hydrogen-bond donors (Lipinski definition) is 1. The van der Waals surface area contributed by atoms with Crippen LogP contribution in [0.5, 0.6) is 0 Å². The van der Waals surface area contributed by atoms with Crippen LogP contribution in [0.2, 0.25) is 0 Å².